The van der Waals surface area contributed by atoms with Crippen molar-refractivity contribution >= 4 is 17.7 Å². The van der Waals surface area contributed by atoms with Crippen LogP contribution < -0.4 is 0 Å². The number of aryl methyl sites for hydroxylation is 1. The van der Waals surface area contributed by atoms with Crippen LogP contribution in [0.5, 0.6) is 0 Å². The topological polar surface area (TPSA) is 78.9 Å². The molecule has 1 aromatic heterocycles. The van der Waals surface area contributed by atoms with E-state index in [-0.39, 0.29) is 0 Å². The van der Waals surface area contributed by atoms with Crippen molar-refractivity contribution in [3.8, 4) is 0 Å². The third-order valence-corrected chi connectivity index (χ3v) is 2.58. The molecular weight excluding hydrogens is 202 g/mol. The summed E-state index contributed by atoms with van der Waals surface area (Å²) in [6.07, 6.45) is 1.84. The highest BCUT2D eigenvalue weighted by molar-refractivity contribution is 8.00. The van der Waals surface area contributed by atoms with Crippen LogP contribution in [-0.2, 0) is 11.2 Å². The van der Waals surface area contributed by atoms with Gasteiger partial charge in [0.05, 0.1) is 0 Å². The standard InChI is InChI=1S/C8H13N3O2S/c1-3-4-6-9-8(11-10-6)14-5(2)7(12)13/h5H,3-4H2,1-2H3,(H,12,13)(H,9,10,11)/t5-/m0/s1. The third kappa shape index (κ3) is 3.02. The fraction of sp³-hybridized carbons (Fsp3) is 0.625. The number of H-pyrrole nitrogens is 1. The average molecular weight is 215 g/mol. The number of nitrogens with zero attached hydrogens (tertiary/aromatic N) is 2. The number of carboxylic acid groups (broad SMARTS) is 1. The van der Waals surface area contributed by atoms with Gasteiger partial charge in [0, 0.05) is 6.42 Å². The number of aliphatic carboxylic acids is 1. The first kappa shape index (κ1) is 11.0. The van der Waals surface area contributed by atoms with Gasteiger partial charge < -0.3 is 5.11 Å². The van der Waals surface area contributed by atoms with Gasteiger partial charge in [-0.05, 0) is 13.3 Å². The Morgan fingerprint density at radius 2 is 2.43 bits per heavy atom. The maximum atomic E-state index is 10.5. The SMILES string of the molecule is CCCc1nc(S[C@@H](C)C(=O)O)n[nH]1. The molecule has 0 aliphatic carbocycles. The Kier molecular flexibility index (Phi) is 3.94. The largest absolute Gasteiger partial charge is 0.480 e. The highest BCUT2D eigenvalue weighted by atomic mass is 32.2. The lowest BCUT2D eigenvalue weighted by Gasteiger charge is -1.99. The van der Waals surface area contributed by atoms with Gasteiger partial charge >= 0.3 is 5.97 Å². The summed E-state index contributed by atoms with van der Waals surface area (Å²) in [7, 11) is 0. The molecule has 0 radical (unpaired) electrons. The molecule has 0 saturated carbocycles. The zero-order valence-electron chi connectivity index (χ0n) is 8.15. The van der Waals surface area contributed by atoms with Crippen LogP contribution in [-0.4, -0.2) is 31.5 Å². The quantitative estimate of drug-likeness (QED) is 0.724. The number of carbonyl (C=O) groups is 1. The minimum atomic E-state index is -0.850. The number of carboxylic acids is 1. The first-order valence-electron chi connectivity index (χ1n) is 4.44. The van der Waals surface area contributed by atoms with E-state index >= 15 is 0 Å². The number of nitrogens with one attached hydrogen (secondary N) is 1. The second-order valence-electron chi connectivity index (χ2n) is 2.91. The van der Waals surface area contributed by atoms with Gasteiger partial charge in [-0.1, -0.05) is 18.7 Å². The maximum absolute atomic E-state index is 10.5. The summed E-state index contributed by atoms with van der Waals surface area (Å²) in [4.78, 5) is 14.7. The van der Waals surface area contributed by atoms with Crippen molar-refractivity contribution in [3.05, 3.63) is 5.82 Å². The van der Waals surface area contributed by atoms with Gasteiger partial charge in [-0.2, -0.15) is 0 Å². The van der Waals surface area contributed by atoms with Crippen LogP contribution in [0.3, 0.4) is 0 Å². The zero-order valence-corrected chi connectivity index (χ0v) is 8.97. The van der Waals surface area contributed by atoms with Crippen LogP contribution in [0, 0.1) is 0 Å². The first-order chi connectivity index (χ1) is 6.63. The summed E-state index contributed by atoms with van der Waals surface area (Å²) in [6, 6.07) is 0. The molecule has 0 unspecified atom stereocenters. The molecule has 6 heteroatoms. The lowest BCUT2D eigenvalue weighted by atomic mass is 10.3. The van der Waals surface area contributed by atoms with Crippen molar-refractivity contribution in [2.45, 2.75) is 37.1 Å². The van der Waals surface area contributed by atoms with Crippen LogP contribution >= 0.6 is 11.8 Å². The van der Waals surface area contributed by atoms with Crippen LogP contribution in [0.25, 0.3) is 0 Å². The summed E-state index contributed by atoms with van der Waals surface area (Å²) in [5.41, 5.74) is 0. The van der Waals surface area contributed by atoms with E-state index in [1.807, 2.05) is 0 Å². The van der Waals surface area contributed by atoms with Crippen molar-refractivity contribution in [3.63, 3.8) is 0 Å². The molecule has 1 heterocycles. The van der Waals surface area contributed by atoms with Crippen molar-refractivity contribution in [2.24, 2.45) is 0 Å². The fourth-order valence-electron chi connectivity index (χ4n) is 0.888. The number of hydrogen-bond donors (Lipinski definition) is 2. The molecule has 0 aromatic carbocycles. The minimum absolute atomic E-state index is 0.503. The van der Waals surface area contributed by atoms with Crippen molar-refractivity contribution < 1.29 is 9.90 Å². The van der Waals surface area contributed by atoms with Crippen LogP contribution in [0.15, 0.2) is 5.16 Å². The van der Waals surface area contributed by atoms with E-state index in [1.165, 1.54) is 0 Å². The summed E-state index contributed by atoms with van der Waals surface area (Å²) < 4.78 is 0. The molecule has 78 valence electrons. The van der Waals surface area contributed by atoms with Gasteiger partial charge in [-0.15, -0.1) is 5.10 Å². The third-order valence-electron chi connectivity index (χ3n) is 1.63. The van der Waals surface area contributed by atoms with E-state index < -0.39 is 11.2 Å². The molecule has 0 aliphatic heterocycles. The van der Waals surface area contributed by atoms with Gasteiger partial charge in [0.1, 0.15) is 11.1 Å². The number of aromatic amines is 1. The Labute approximate surface area is 86.3 Å². The van der Waals surface area contributed by atoms with E-state index in [2.05, 4.69) is 22.1 Å². The zero-order chi connectivity index (χ0) is 10.6. The van der Waals surface area contributed by atoms with E-state index in [0.29, 0.717) is 5.16 Å². The number of aromatic nitrogens is 3. The Morgan fingerprint density at radius 1 is 1.71 bits per heavy atom. The first-order valence-corrected chi connectivity index (χ1v) is 5.32. The second kappa shape index (κ2) is 4.99. The fourth-order valence-corrected chi connectivity index (χ4v) is 1.57. The summed E-state index contributed by atoms with van der Waals surface area (Å²) in [6.45, 7) is 3.66. The molecule has 1 aromatic rings. The van der Waals surface area contributed by atoms with Gasteiger partial charge in [0.15, 0.2) is 0 Å². The summed E-state index contributed by atoms with van der Waals surface area (Å²) >= 11 is 1.15. The molecule has 5 nitrogen and oxygen atoms in total. The van der Waals surface area contributed by atoms with Crippen LogP contribution in [0.2, 0.25) is 0 Å². The Hall–Kier alpha value is -1.04. The van der Waals surface area contributed by atoms with E-state index in [0.717, 1.165) is 30.4 Å². The second-order valence-corrected chi connectivity index (χ2v) is 4.22. The molecular formula is C8H13N3O2S. The van der Waals surface area contributed by atoms with Gasteiger partial charge in [-0.3, -0.25) is 9.89 Å². The smallest absolute Gasteiger partial charge is 0.316 e. The predicted molar refractivity (Wildman–Crippen MR) is 53.3 cm³/mol. The highest BCUT2D eigenvalue weighted by Gasteiger charge is 2.15. The number of hydrogen-bond acceptors (Lipinski definition) is 4. The Bertz CT molecular complexity index is 313. The minimum Gasteiger partial charge on any atom is -0.480 e. The molecule has 0 bridgehead atoms. The van der Waals surface area contributed by atoms with Gasteiger partial charge in [0.2, 0.25) is 5.16 Å². The molecule has 0 fully saturated rings. The van der Waals surface area contributed by atoms with Crippen molar-refractivity contribution in [1.29, 1.82) is 0 Å². The summed E-state index contributed by atoms with van der Waals surface area (Å²) in [5.74, 6) is -0.0376. The van der Waals surface area contributed by atoms with E-state index in [9.17, 15) is 4.79 Å². The monoisotopic (exact) mass is 215 g/mol. The van der Waals surface area contributed by atoms with E-state index in [1.54, 1.807) is 6.92 Å². The number of thioether (sulfide) groups is 1. The predicted octanol–water partition coefficient (Wildman–Crippen LogP) is 1.32. The van der Waals surface area contributed by atoms with Gasteiger partial charge in [-0.25, -0.2) is 4.98 Å². The number of rotatable bonds is 5. The van der Waals surface area contributed by atoms with Crippen LogP contribution in [0.1, 0.15) is 26.1 Å². The average Bonchev–Trinajstić information content (AvgIpc) is 2.53. The van der Waals surface area contributed by atoms with Gasteiger partial charge in [0.25, 0.3) is 0 Å². The molecule has 1 atom stereocenters. The van der Waals surface area contributed by atoms with Crippen molar-refractivity contribution in [2.75, 3.05) is 0 Å². The van der Waals surface area contributed by atoms with Crippen LogP contribution in [0.4, 0.5) is 0 Å². The normalized spacial score (nSPS) is 12.7. The Morgan fingerprint density at radius 3 is 3.00 bits per heavy atom. The lowest BCUT2D eigenvalue weighted by Crippen LogP contribution is -2.11. The Balaban J connectivity index is 2.55. The molecule has 1 rings (SSSR count). The molecule has 0 aliphatic rings. The molecule has 0 amide bonds. The molecule has 2 N–H and O–H groups in total. The molecule has 0 spiro atoms. The van der Waals surface area contributed by atoms with E-state index in [4.69, 9.17) is 5.11 Å². The molecule has 14 heavy (non-hydrogen) atoms. The highest BCUT2D eigenvalue weighted by Crippen LogP contribution is 2.18. The summed E-state index contributed by atoms with van der Waals surface area (Å²) in [5, 5.41) is 15.4. The lowest BCUT2D eigenvalue weighted by molar-refractivity contribution is -0.136. The maximum Gasteiger partial charge on any atom is 0.316 e. The van der Waals surface area contributed by atoms with Crippen molar-refractivity contribution in [1.82, 2.24) is 15.2 Å². The molecule has 0 saturated heterocycles.